The van der Waals surface area contributed by atoms with Crippen LogP contribution in [-0.2, 0) is 4.79 Å². The summed E-state index contributed by atoms with van der Waals surface area (Å²) >= 11 is 0. The third kappa shape index (κ3) is 3.20. The van der Waals surface area contributed by atoms with Gasteiger partial charge in [-0.1, -0.05) is 24.3 Å². The van der Waals surface area contributed by atoms with Gasteiger partial charge >= 0.3 is 0 Å². The average Bonchev–Trinajstić information content (AvgIpc) is 2.89. The summed E-state index contributed by atoms with van der Waals surface area (Å²) in [5.41, 5.74) is 1.37. The van der Waals surface area contributed by atoms with Crippen LogP contribution >= 0.6 is 0 Å². The fourth-order valence-electron chi connectivity index (χ4n) is 3.46. The summed E-state index contributed by atoms with van der Waals surface area (Å²) in [4.78, 5) is 25.5. The third-order valence-corrected chi connectivity index (χ3v) is 4.95. The van der Waals surface area contributed by atoms with Gasteiger partial charge in [0, 0.05) is 5.69 Å². The second kappa shape index (κ2) is 7.11. The van der Waals surface area contributed by atoms with Crippen molar-refractivity contribution in [1.29, 1.82) is 0 Å². The van der Waals surface area contributed by atoms with Gasteiger partial charge in [-0.05, 0) is 49.4 Å². The number of fused-ring (bicyclic) bond motifs is 3. The van der Waals surface area contributed by atoms with E-state index in [1.165, 1.54) is 0 Å². The minimum absolute atomic E-state index is 0.314. The van der Waals surface area contributed by atoms with Crippen LogP contribution < -0.4 is 24.8 Å². The van der Waals surface area contributed by atoms with Crippen LogP contribution in [0.25, 0.3) is 0 Å². The number of anilines is 2. The molecular formula is C23H18N2O5. The smallest absolute Gasteiger partial charge is 0.269 e. The fourth-order valence-corrected chi connectivity index (χ4v) is 3.46. The average molecular weight is 402 g/mol. The third-order valence-electron chi connectivity index (χ3n) is 4.95. The van der Waals surface area contributed by atoms with Crippen LogP contribution in [0.1, 0.15) is 17.3 Å². The van der Waals surface area contributed by atoms with Gasteiger partial charge in [-0.25, -0.2) is 0 Å². The highest BCUT2D eigenvalue weighted by Gasteiger charge is 2.34. The maximum atomic E-state index is 12.8. The summed E-state index contributed by atoms with van der Waals surface area (Å²) < 4.78 is 17.5. The van der Waals surface area contributed by atoms with E-state index in [2.05, 4.69) is 10.6 Å². The van der Waals surface area contributed by atoms with Crippen molar-refractivity contribution >= 4 is 23.2 Å². The van der Waals surface area contributed by atoms with Crippen molar-refractivity contribution in [1.82, 2.24) is 0 Å². The Morgan fingerprint density at radius 1 is 0.900 bits per heavy atom. The van der Waals surface area contributed by atoms with Crippen LogP contribution in [-0.4, -0.2) is 24.0 Å². The highest BCUT2D eigenvalue weighted by molar-refractivity contribution is 6.09. The second-order valence-corrected chi connectivity index (χ2v) is 7.06. The molecule has 0 saturated carbocycles. The highest BCUT2D eigenvalue weighted by Crippen LogP contribution is 2.37. The number of carbonyl (C=O) groups is 2. The molecule has 5 rings (SSSR count). The Morgan fingerprint density at radius 2 is 1.60 bits per heavy atom. The molecule has 7 nitrogen and oxygen atoms in total. The van der Waals surface area contributed by atoms with Crippen LogP contribution in [0.2, 0.25) is 0 Å². The normalized spacial score (nSPS) is 18.8. The quantitative estimate of drug-likeness (QED) is 0.671. The lowest BCUT2D eigenvalue weighted by Crippen LogP contribution is -2.46. The number of para-hydroxylation sites is 4. The van der Waals surface area contributed by atoms with Crippen molar-refractivity contribution in [3.05, 3.63) is 72.3 Å². The molecule has 7 heteroatoms. The van der Waals surface area contributed by atoms with E-state index in [0.29, 0.717) is 39.9 Å². The molecule has 2 N–H and O–H groups in total. The number of ether oxygens (including phenoxy) is 3. The van der Waals surface area contributed by atoms with Gasteiger partial charge in [0.2, 0.25) is 6.10 Å². The number of carbonyl (C=O) groups excluding carboxylic acids is 2. The standard InChI is InChI=1S/C23H18N2O5/c1-13-21(30-20-9-5-4-8-19(20)28-13)23(27)24-14-10-11-17-15(12-14)22(26)25-16-6-2-3-7-18(16)29-17/h2-13,21H,1H3,(H,24,27)(H,25,26)/t13-,21+/m1/s1. The lowest BCUT2D eigenvalue weighted by molar-refractivity contribution is -0.128. The summed E-state index contributed by atoms with van der Waals surface area (Å²) in [5.74, 6) is 1.41. The van der Waals surface area contributed by atoms with Crippen LogP contribution in [0.5, 0.6) is 23.0 Å². The Morgan fingerprint density at radius 3 is 2.40 bits per heavy atom. The topological polar surface area (TPSA) is 85.9 Å². The van der Waals surface area contributed by atoms with Crippen molar-refractivity contribution in [2.45, 2.75) is 19.1 Å². The predicted octanol–water partition coefficient (Wildman–Crippen LogP) is 4.21. The van der Waals surface area contributed by atoms with E-state index in [4.69, 9.17) is 14.2 Å². The van der Waals surface area contributed by atoms with E-state index in [9.17, 15) is 9.59 Å². The number of hydrogen-bond donors (Lipinski definition) is 2. The SMILES string of the molecule is C[C@H]1Oc2ccccc2O[C@@H]1C(=O)Nc1ccc2c(c1)C(=O)Nc1ccccc1O2. The Balaban J connectivity index is 1.37. The molecule has 2 aliphatic heterocycles. The molecule has 0 radical (unpaired) electrons. The first-order valence-corrected chi connectivity index (χ1v) is 9.54. The summed E-state index contributed by atoms with van der Waals surface area (Å²) in [7, 11) is 0. The molecule has 2 amide bonds. The zero-order valence-corrected chi connectivity index (χ0v) is 16.0. The molecular weight excluding hydrogens is 384 g/mol. The van der Waals surface area contributed by atoms with Gasteiger partial charge in [0.25, 0.3) is 11.8 Å². The van der Waals surface area contributed by atoms with Crippen molar-refractivity contribution in [2.75, 3.05) is 10.6 Å². The van der Waals surface area contributed by atoms with Gasteiger partial charge in [-0.2, -0.15) is 0 Å². The van der Waals surface area contributed by atoms with Crippen molar-refractivity contribution in [3.63, 3.8) is 0 Å². The second-order valence-electron chi connectivity index (χ2n) is 7.06. The number of amides is 2. The molecule has 0 saturated heterocycles. The fraction of sp³-hybridized carbons (Fsp3) is 0.130. The van der Waals surface area contributed by atoms with Crippen molar-refractivity contribution < 1.29 is 23.8 Å². The van der Waals surface area contributed by atoms with Gasteiger partial charge in [0.15, 0.2) is 17.2 Å². The van der Waals surface area contributed by atoms with E-state index in [-0.39, 0.29) is 11.8 Å². The van der Waals surface area contributed by atoms with Gasteiger partial charge < -0.3 is 24.8 Å². The maximum Gasteiger partial charge on any atom is 0.269 e. The molecule has 0 unspecified atom stereocenters. The molecule has 2 heterocycles. The monoisotopic (exact) mass is 402 g/mol. The Hall–Kier alpha value is -4.00. The molecule has 0 aliphatic carbocycles. The molecule has 30 heavy (non-hydrogen) atoms. The van der Waals surface area contributed by atoms with Crippen LogP contribution in [0.15, 0.2) is 66.7 Å². The first kappa shape index (κ1) is 18.1. The lowest BCUT2D eigenvalue weighted by Gasteiger charge is -2.31. The molecule has 2 aliphatic rings. The van der Waals surface area contributed by atoms with E-state index in [1.807, 2.05) is 24.3 Å². The predicted molar refractivity (Wildman–Crippen MR) is 110 cm³/mol. The summed E-state index contributed by atoms with van der Waals surface area (Å²) in [6.07, 6.45) is -1.30. The summed E-state index contributed by atoms with van der Waals surface area (Å²) in [5, 5.41) is 5.62. The summed E-state index contributed by atoms with van der Waals surface area (Å²) in [6, 6.07) is 19.3. The van der Waals surface area contributed by atoms with E-state index in [1.54, 1.807) is 49.4 Å². The van der Waals surface area contributed by atoms with Gasteiger partial charge in [0.1, 0.15) is 11.9 Å². The van der Waals surface area contributed by atoms with Gasteiger partial charge in [-0.15, -0.1) is 0 Å². The molecule has 3 aromatic carbocycles. The number of benzene rings is 3. The van der Waals surface area contributed by atoms with E-state index >= 15 is 0 Å². The zero-order chi connectivity index (χ0) is 20.7. The largest absolute Gasteiger partial charge is 0.482 e. The molecule has 2 atom stereocenters. The zero-order valence-electron chi connectivity index (χ0n) is 16.0. The Bertz CT molecular complexity index is 1160. The first-order chi connectivity index (χ1) is 14.6. The number of nitrogens with one attached hydrogen (secondary N) is 2. The molecule has 0 bridgehead atoms. The minimum atomic E-state index is -0.826. The highest BCUT2D eigenvalue weighted by atomic mass is 16.6. The van der Waals surface area contributed by atoms with E-state index < -0.39 is 12.2 Å². The molecule has 150 valence electrons. The van der Waals surface area contributed by atoms with Crippen molar-refractivity contribution in [2.24, 2.45) is 0 Å². The van der Waals surface area contributed by atoms with E-state index in [0.717, 1.165) is 0 Å². The number of hydrogen-bond acceptors (Lipinski definition) is 5. The first-order valence-electron chi connectivity index (χ1n) is 9.54. The number of rotatable bonds is 2. The van der Waals surface area contributed by atoms with Crippen LogP contribution in [0.3, 0.4) is 0 Å². The molecule has 3 aromatic rings. The maximum absolute atomic E-state index is 12.8. The lowest BCUT2D eigenvalue weighted by atomic mass is 10.1. The molecule has 0 aromatic heterocycles. The molecule has 0 fully saturated rings. The Kier molecular flexibility index (Phi) is 4.28. The van der Waals surface area contributed by atoms with Crippen LogP contribution in [0, 0.1) is 0 Å². The summed E-state index contributed by atoms with van der Waals surface area (Å²) in [6.45, 7) is 1.77. The molecule has 0 spiro atoms. The van der Waals surface area contributed by atoms with Gasteiger partial charge in [-0.3, -0.25) is 9.59 Å². The minimum Gasteiger partial charge on any atom is -0.482 e. The van der Waals surface area contributed by atoms with Crippen LogP contribution in [0.4, 0.5) is 11.4 Å². The van der Waals surface area contributed by atoms with Gasteiger partial charge in [0.05, 0.1) is 11.3 Å². The Labute approximate surface area is 172 Å². The van der Waals surface area contributed by atoms with Crippen molar-refractivity contribution in [3.8, 4) is 23.0 Å².